The van der Waals surface area contributed by atoms with Crippen LogP contribution in [0, 0.1) is 10.1 Å². The molecule has 1 aliphatic rings. The average Bonchev–Trinajstić information content (AvgIpc) is 2.72. The molecule has 0 saturated heterocycles. The van der Waals surface area contributed by atoms with Gasteiger partial charge in [0.05, 0.1) is 4.92 Å². The van der Waals surface area contributed by atoms with Gasteiger partial charge in [-0.25, -0.2) is 0 Å². The molecule has 28 heavy (non-hydrogen) atoms. The van der Waals surface area contributed by atoms with Gasteiger partial charge in [0.2, 0.25) is 5.91 Å². The molecule has 3 rings (SSSR count). The molecule has 1 heterocycles. The minimum Gasteiger partial charge on any atom is -0.486 e. The predicted octanol–water partition coefficient (Wildman–Crippen LogP) is 2.69. The molecule has 1 amide bonds. The summed E-state index contributed by atoms with van der Waals surface area (Å²) in [5.41, 5.74) is 1.41. The molecule has 2 aromatic carbocycles. The van der Waals surface area contributed by atoms with E-state index in [1.807, 2.05) is 0 Å². The summed E-state index contributed by atoms with van der Waals surface area (Å²) >= 11 is 0. The van der Waals surface area contributed by atoms with Crippen LogP contribution < -0.4 is 14.8 Å². The molecule has 2 aromatic rings. The maximum absolute atomic E-state index is 12.3. The van der Waals surface area contributed by atoms with Gasteiger partial charge in [-0.15, -0.1) is 0 Å². The van der Waals surface area contributed by atoms with Crippen molar-refractivity contribution in [3.05, 3.63) is 63.7 Å². The zero-order chi connectivity index (χ0) is 19.9. The molecule has 8 heteroatoms. The summed E-state index contributed by atoms with van der Waals surface area (Å²) in [6.45, 7) is 1.33. The summed E-state index contributed by atoms with van der Waals surface area (Å²) in [6.07, 6.45) is 0.746. The number of ether oxygens (including phenoxy) is 2. The molecule has 0 aromatic heterocycles. The lowest BCUT2D eigenvalue weighted by atomic mass is 10.1. The first-order chi connectivity index (χ1) is 13.5. The lowest BCUT2D eigenvalue weighted by molar-refractivity contribution is -0.384. The van der Waals surface area contributed by atoms with Crippen LogP contribution in [0.15, 0.2) is 42.5 Å². The van der Waals surface area contributed by atoms with Gasteiger partial charge in [-0.2, -0.15) is 0 Å². The first-order valence-electron chi connectivity index (χ1n) is 8.96. The van der Waals surface area contributed by atoms with E-state index in [9.17, 15) is 19.7 Å². The lowest BCUT2D eigenvalue weighted by Crippen LogP contribution is -2.26. The molecular weight excluding hydrogens is 364 g/mol. The quantitative estimate of drug-likeness (QED) is 0.426. The molecule has 146 valence electrons. The van der Waals surface area contributed by atoms with Crippen molar-refractivity contribution in [3.8, 4) is 11.5 Å². The first-order valence-corrected chi connectivity index (χ1v) is 8.96. The Balaban J connectivity index is 1.41. The number of nitrogens with one attached hydrogen (secondary N) is 1. The van der Waals surface area contributed by atoms with Gasteiger partial charge in [-0.05, 0) is 30.2 Å². The number of Topliss-reactive ketones (excluding diaryl/α,β-unsaturated/α-hetero) is 1. The van der Waals surface area contributed by atoms with Crippen LogP contribution in [0.25, 0.3) is 0 Å². The summed E-state index contributed by atoms with van der Waals surface area (Å²) in [4.78, 5) is 34.4. The number of carbonyl (C=O) groups is 2. The number of non-ortho nitro benzene ring substituents is 1. The van der Waals surface area contributed by atoms with E-state index in [1.54, 1.807) is 30.3 Å². The second kappa shape index (κ2) is 8.98. The van der Waals surface area contributed by atoms with E-state index in [2.05, 4.69) is 5.32 Å². The van der Waals surface area contributed by atoms with Crippen molar-refractivity contribution < 1.29 is 24.0 Å². The minimum atomic E-state index is -0.454. The summed E-state index contributed by atoms with van der Waals surface area (Å²) in [5.74, 6) is 0.812. The second-order valence-electron chi connectivity index (χ2n) is 6.31. The molecule has 1 N–H and O–H groups in total. The molecular formula is C20H20N2O6. The number of ketones is 1. The number of nitro groups is 1. The summed E-state index contributed by atoms with van der Waals surface area (Å²) in [6, 6.07) is 11.2. The number of amides is 1. The van der Waals surface area contributed by atoms with Gasteiger partial charge in [0.1, 0.15) is 13.2 Å². The van der Waals surface area contributed by atoms with Crippen molar-refractivity contribution >= 4 is 17.4 Å². The molecule has 0 unspecified atom stereocenters. The molecule has 0 saturated carbocycles. The minimum absolute atomic E-state index is 0.0328. The second-order valence-corrected chi connectivity index (χ2v) is 6.31. The Labute approximate surface area is 161 Å². The number of fused-ring (bicyclic) bond motifs is 1. The van der Waals surface area contributed by atoms with Crippen molar-refractivity contribution in [2.75, 3.05) is 19.8 Å². The topological polar surface area (TPSA) is 108 Å². The van der Waals surface area contributed by atoms with E-state index in [-0.39, 0.29) is 30.2 Å². The third-order valence-corrected chi connectivity index (χ3v) is 4.33. The number of nitrogens with zero attached hydrogens (tertiary/aromatic N) is 1. The molecule has 0 fully saturated rings. The van der Waals surface area contributed by atoms with E-state index in [0.29, 0.717) is 43.2 Å². The number of nitro benzene ring substituents is 1. The maximum atomic E-state index is 12.3. The monoisotopic (exact) mass is 384 g/mol. The number of benzene rings is 2. The van der Waals surface area contributed by atoms with E-state index in [0.717, 1.165) is 5.56 Å². The van der Waals surface area contributed by atoms with Gasteiger partial charge < -0.3 is 14.8 Å². The zero-order valence-electron chi connectivity index (χ0n) is 15.2. The largest absolute Gasteiger partial charge is 0.486 e. The number of rotatable bonds is 8. The summed E-state index contributed by atoms with van der Waals surface area (Å²) < 4.78 is 10.9. The van der Waals surface area contributed by atoms with Crippen LogP contribution in [0.1, 0.15) is 28.8 Å². The average molecular weight is 384 g/mol. The van der Waals surface area contributed by atoms with Crippen molar-refractivity contribution in [2.45, 2.75) is 19.3 Å². The molecule has 0 radical (unpaired) electrons. The van der Waals surface area contributed by atoms with Crippen molar-refractivity contribution in [3.63, 3.8) is 0 Å². The predicted molar refractivity (Wildman–Crippen MR) is 101 cm³/mol. The molecule has 0 spiro atoms. The molecule has 0 aliphatic carbocycles. The summed E-state index contributed by atoms with van der Waals surface area (Å²) in [7, 11) is 0. The van der Waals surface area contributed by atoms with Crippen LogP contribution in [-0.4, -0.2) is 36.4 Å². The molecule has 0 bridgehead atoms. The van der Waals surface area contributed by atoms with Crippen molar-refractivity contribution in [1.29, 1.82) is 0 Å². The van der Waals surface area contributed by atoms with E-state index in [1.165, 1.54) is 12.1 Å². The maximum Gasteiger partial charge on any atom is 0.269 e. The Morgan fingerprint density at radius 2 is 1.71 bits per heavy atom. The Hall–Kier alpha value is -3.42. The van der Waals surface area contributed by atoms with Crippen LogP contribution in [0.5, 0.6) is 11.5 Å². The highest BCUT2D eigenvalue weighted by atomic mass is 16.6. The van der Waals surface area contributed by atoms with Crippen molar-refractivity contribution in [1.82, 2.24) is 5.32 Å². The highest BCUT2D eigenvalue weighted by molar-refractivity contribution is 5.98. The molecule has 8 nitrogen and oxygen atoms in total. The third-order valence-electron chi connectivity index (χ3n) is 4.33. The van der Waals surface area contributed by atoms with Gasteiger partial charge in [0.25, 0.3) is 5.69 Å². The van der Waals surface area contributed by atoms with Gasteiger partial charge >= 0.3 is 0 Å². The fraction of sp³-hybridized carbons (Fsp3) is 0.300. The fourth-order valence-corrected chi connectivity index (χ4v) is 2.81. The van der Waals surface area contributed by atoms with E-state index >= 15 is 0 Å². The summed E-state index contributed by atoms with van der Waals surface area (Å²) in [5, 5.41) is 13.4. The SMILES string of the molecule is O=C(CCC(=O)c1ccc2c(c1)OCCO2)NCCc1ccc([N+](=O)[O-])cc1. The van der Waals surface area contributed by atoms with Crippen LogP contribution in [0.2, 0.25) is 0 Å². The first kappa shape index (κ1) is 19.3. The Kier molecular flexibility index (Phi) is 6.21. The highest BCUT2D eigenvalue weighted by Gasteiger charge is 2.15. The van der Waals surface area contributed by atoms with Crippen LogP contribution in [0.3, 0.4) is 0 Å². The van der Waals surface area contributed by atoms with E-state index in [4.69, 9.17) is 9.47 Å². The molecule has 1 aliphatic heterocycles. The molecule has 0 atom stereocenters. The van der Waals surface area contributed by atoms with Crippen LogP contribution in [-0.2, 0) is 11.2 Å². The lowest BCUT2D eigenvalue weighted by Gasteiger charge is -2.18. The smallest absolute Gasteiger partial charge is 0.269 e. The number of carbonyl (C=O) groups excluding carboxylic acids is 2. The van der Waals surface area contributed by atoms with Crippen LogP contribution in [0.4, 0.5) is 5.69 Å². The Morgan fingerprint density at radius 1 is 1.00 bits per heavy atom. The zero-order valence-corrected chi connectivity index (χ0v) is 15.2. The Morgan fingerprint density at radius 3 is 2.43 bits per heavy atom. The van der Waals surface area contributed by atoms with Gasteiger partial charge in [-0.3, -0.25) is 19.7 Å². The Bertz CT molecular complexity index is 879. The van der Waals surface area contributed by atoms with Gasteiger partial charge in [0.15, 0.2) is 17.3 Å². The normalized spacial score (nSPS) is 12.3. The number of hydrogen-bond donors (Lipinski definition) is 1. The van der Waals surface area contributed by atoms with Gasteiger partial charge in [-0.1, -0.05) is 12.1 Å². The van der Waals surface area contributed by atoms with Gasteiger partial charge in [0, 0.05) is 37.1 Å². The van der Waals surface area contributed by atoms with Crippen molar-refractivity contribution in [2.24, 2.45) is 0 Å². The third kappa shape index (κ3) is 5.06. The fourth-order valence-electron chi connectivity index (χ4n) is 2.81. The standard InChI is InChI=1S/C20H20N2O6/c23-17(15-3-7-18-19(13-15)28-12-11-27-18)6-8-20(24)21-10-9-14-1-4-16(5-2-14)22(25)26/h1-5,7,13H,6,8-12H2,(H,21,24). The van der Waals surface area contributed by atoms with E-state index < -0.39 is 4.92 Å². The highest BCUT2D eigenvalue weighted by Crippen LogP contribution is 2.31. The van der Waals surface area contributed by atoms with Crippen LogP contribution >= 0.6 is 0 Å². The number of hydrogen-bond acceptors (Lipinski definition) is 6.